The van der Waals surface area contributed by atoms with E-state index < -0.39 is 9.84 Å². The Hall–Kier alpha value is -1.71. The van der Waals surface area contributed by atoms with Gasteiger partial charge in [0.05, 0.1) is 20.2 Å². The summed E-state index contributed by atoms with van der Waals surface area (Å²) < 4.78 is 25.1. The average molecular weight is 500 g/mol. The molecule has 10 heteroatoms. The molecule has 1 amide bonds. The van der Waals surface area contributed by atoms with Gasteiger partial charge in [0.15, 0.2) is 15.0 Å². The number of carbonyl (C=O) groups excluding carboxylic acids is 1. The van der Waals surface area contributed by atoms with Crippen molar-refractivity contribution in [2.24, 2.45) is 0 Å². The molecule has 0 fully saturated rings. The van der Waals surface area contributed by atoms with Crippen LogP contribution in [0.1, 0.15) is 24.2 Å². The van der Waals surface area contributed by atoms with Crippen LogP contribution in [0.15, 0.2) is 41.3 Å². The molecule has 0 radical (unpaired) electrons. The molecule has 0 unspecified atom stereocenters. The lowest BCUT2D eigenvalue weighted by molar-refractivity contribution is 0.0984. The summed E-state index contributed by atoms with van der Waals surface area (Å²) >= 11 is 13.6. The van der Waals surface area contributed by atoms with E-state index in [1.807, 2.05) is 0 Å². The number of fused-ring (bicyclic) bond motifs is 1. The van der Waals surface area contributed by atoms with Gasteiger partial charge in [-0.1, -0.05) is 54.5 Å². The van der Waals surface area contributed by atoms with Crippen molar-refractivity contribution in [2.45, 2.75) is 18.7 Å². The van der Waals surface area contributed by atoms with E-state index in [1.54, 1.807) is 29.2 Å². The van der Waals surface area contributed by atoms with Crippen molar-refractivity contribution in [1.82, 2.24) is 9.88 Å². The minimum absolute atomic E-state index is 0.146. The molecule has 0 N–H and O–H groups in total. The molecule has 166 valence electrons. The van der Waals surface area contributed by atoms with Crippen molar-refractivity contribution >= 4 is 65.6 Å². The highest BCUT2D eigenvalue weighted by Gasteiger charge is 2.25. The average Bonchev–Trinajstić information content (AvgIpc) is 3.14. The monoisotopic (exact) mass is 499 g/mol. The number of hydrogen-bond acceptors (Lipinski definition) is 6. The first kappa shape index (κ1) is 23.9. The lowest BCUT2D eigenvalue weighted by Crippen LogP contribution is -2.39. The molecule has 0 saturated carbocycles. The summed E-state index contributed by atoms with van der Waals surface area (Å²) in [6.45, 7) is 6.83. The zero-order chi connectivity index (χ0) is 22.8. The number of benzene rings is 2. The number of likely N-dealkylation sites (N-methyl/N-ethyl adjacent to an activating group) is 1. The number of hydrogen-bond donors (Lipinski definition) is 0. The molecule has 0 aliphatic carbocycles. The van der Waals surface area contributed by atoms with E-state index in [4.69, 9.17) is 23.2 Å². The molecule has 3 aromatic rings. The summed E-state index contributed by atoms with van der Waals surface area (Å²) in [4.78, 5) is 21.9. The molecule has 0 saturated heterocycles. The van der Waals surface area contributed by atoms with Gasteiger partial charge in [-0.2, -0.15) is 0 Å². The lowest BCUT2D eigenvalue weighted by Gasteiger charge is -2.25. The molecule has 3 rings (SSSR count). The highest BCUT2D eigenvalue weighted by atomic mass is 35.5. The largest absolute Gasteiger partial charge is 0.302 e. The number of rotatable bonds is 8. The number of thiazole rings is 1. The Balaban J connectivity index is 2.08. The van der Waals surface area contributed by atoms with Crippen LogP contribution in [0.25, 0.3) is 10.2 Å². The number of nitrogens with zero attached hydrogens (tertiary/aromatic N) is 3. The van der Waals surface area contributed by atoms with Gasteiger partial charge in [0.2, 0.25) is 0 Å². The van der Waals surface area contributed by atoms with Crippen molar-refractivity contribution in [3.8, 4) is 0 Å². The number of aromatic nitrogens is 1. The highest BCUT2D eigenvalue weighted by Crippen LogP contribution is 2.34. The number of sulfone groups is 1. The number of carbonyl (C=O) groups is 1. The summed E-state index contributed by atoms with van der Waals surface area (Å²) in [6.07, 6.45) is 1.15. The highest BCUT2D eigenvalue weighted by molar-refractivity contribution is 7.91. The second-order valence-corrected chi connectivity index (χ2v) is 10.8. The Morgan fingerprint density at radius 2 is 1.81 bits per heavy atom. The summed E-state index contributed by atoms with van der Waals surface area (Å²) in [7, 11) is -3.46. The third kappa shape index (κ3) is 5.38. The van der Waals surface area contributed by atoms with Crippen LogP contribution >= 0.6 is 34.5 Å². The zero-order valence-electron chi connectivity index (χ0n) is 17.4. The predicted molar refractivity (Wildman–Crippen MR) is 129 cm³/mol. The topological polar surface area (TPSA) is 70.6 Å². The van der Waals surface area contributed by atoms with Gasteiger partial charge in [0, 0.05) is 24.4 Å². The summed E-state index contributed by atoms with van der Waals surface area (Å²) in [5.74, 6) is -0.311. The molecule has 2 aromatic carbocycles. The van der Waals surface area contributed by atoms with Gasteiger partial charge in [-0.15, -0.1) is 0 Å². The summed E-state index contributed by atoms with van der Waals surface area (Å²) in [5.41, 5.74) is 0.682. The standard InChI is InChI=1S/C21H23Cl2N3O3S2/c1-4-25(5-2)11-12-26(20(27)15-10-9-14(22)13-16(15)23)21-24-19-17(30-21)7-6-8-18(19)31(3,28)29/h6-10,13H,4-5,11-12H2,1-3H3. The maximum atomic E-state index is 13.5. The van der Waals surface area contributed by atoms with Gasteiger partial charge in [0.25, 0.3) is 5.91 Å². The molecule has 0 aliphatic rings. The minimum Gasteiger partial charge on any atom is -0.302 e. The molecule has 0 spiro atoms. The predicted octanol–water partition coefficient (Wildman–Crippen LogP) is 5.00. The second kappa shape index (κ2) is 9.83. The van der Waals surface area contributed by atoms with Crippen molar-refractivity contribution in [3.63, 3.8) is 0 Å². The van der Waals surface area contributed by atoms with Gasteiger partial charge >= 0.3 is 0 Å². The van der Waals surface area contributed by atoms with Crippen molar-refractivity contribution in [3.05, 3.63) is 52.0 Å². The smallest absolute Gasteiger partial charge is 0.261 e. The first-order valence-electron chi connectivity index (χ1n) is 9.74. The van der Waals surface area contributed by atoms with E-state index in [-0.39, 0.29) is 15.8 Å². The third-order valence-electron chi connectivity index (χ3n) is 4.94. The second-order valence-electron chi connectivity index (χ2n) is 6.98. The van der Waals surface area contributed by atoms with Crippen LogP contribution in [-0.2, 0) is 9.84 Å². The normalized spacial score (nSPS) is 11.9. The van der Waals surface area contributed by atoms with Gasteiger partial charge in [-0.05, 0) is 43.4 Å². The maximum absolute atomic E-state index is 13.5. The first-order valence-corrected chi connectivity index (χ1v) is 13.2. The Labute approximate surface area is 196 Å². The lowest BCUT2D eigenvalue weighted by atomic mass is 10.2. The Kier molecular flexibility index (Phi) is 7.59. The molecule has 1 aromatic heterocycles. The van der Waals surface area contributed by atoms with E-state index >= 15 is 0 Å². The van der Waals surface area contributed by atoms with Gasteiger partial charge in [-0.3, -0.25) is 9.69 Å². The Morgan fingerprint density at radius 3 is 2.42 bits per heavy atom. The SMILES string of the molecule is CCN(CC)CCN(C(=O)c1ccc(Cl)cc1Cl)c1nc2c(S(C)(=O)=O)cccc2s1. The zero-order valence-corrected chi connectivity index (χ0v) is 20.6. The molecular weight excluding hydrogens is 477 g/mol. The van der Waals surface area contributed by atoms with Crippen LogP contribution in [0.2, 0.25) is 10.0 Å². The van der Waals surface area contributed by atoms with E-state index in [0.717, 1.165) is 19.3 Å². The minimum atomic E-state index is -3.46. The van der Waals surface area contributed by atoms with Crippen molar-refractivity contribution < 1.29 is 13.2 Å². The summed E-state index contributed by atoms with van der Waals surface area (Å²) in [6, 6.07) is 9.74. The van der Waals surface area contributed by atoms with Gasteiger partial charge in [0.1, 0.15) is 5.52 Å². The van der Waals surface area contributed by atoms with Gasteiger partial charge < -0.3 is 4.90 Å². The van der Waals surface area contributed by atoms with E-state index in [0.29, 0.717) is 39.0 Å². The van der Waals surface area contributed by atoms with Crippen LogP contribution < -0.4 is 4.90 Å². The molecule has 0 aliphatic heterocycles. The number of amides is 1. The fourth-order valence-electron chi connectivity index (χ4n) is 3.20. The fourth-order valence-corrected chi connectivity index (χ4v) is 5.60. The maximum Gasteiger partial charge on any atom is 0.261 e. The molecule has 1 heterocycles. The molecule has 0 bridgehead atoms. The number of halogens is 2. The molecular formula is C21H23Cl2N3O3S2. The Morgan fingerprint density at radius 1 is 1.10 bits per heavy atom. The van der Waals surface area contributed by atoms with E-state index in [9.17, 15) is 13.2 Å². The van der Waals surface area contributed by atoms with Crippen molar-refractivity contribution in [2.75, 3.05) is 37.3 Å². The third-order valence-corrected chi connectivity index (χ3v) is 7.66. The number of anilines is 1. The van der Waals surface area contributed by atoms with Crippen LogP contribution in [0, 0.1) is 0 Å². The van der Waals surface area contributed by atoms with Crippen LogP contribution in [0.3, 0.4) is 0 Å². The van der Waals surface area contributed by atoms with E-state index in [2.05, 4.69) is 23.7 Å². The Bertz CT molecular complexity index is 1210. The van der Waals surface area contributed by atoms with Crippen molar-refractivity contribution in [1.29, 1.82) is 0 Å². The summed E-state index contributed by atoms with van der Waals surface area (Å²) in [5, 5.41) is 1.12. The fraction of sp³-hybridized carbons (Fsp3) is 0.333. The van der Waals surface area contributed by atoms with Crippen LogP contribution in [-0.4, -0.2) is 56.6 Å². The van der Waals surface area contributed by atoms with E-state index in [1.165, 1.54) is 23.5 Å². The molecule has 0 atom stereocenters. The molecule has 6 nitrogen and oxygen atoms in total. The number of para-hydroxylation sites is 1. The van der Waals surface area contributed by atoms with Crippen LogP contribution in [0.5, 0.6) is 0 Å². The first-order chi connectivity index (χ1) is 14.7. The van der Waals surface area contributed by atoms with Gasteiger partial charge in [-0.25, -0.2) is 13.4 Å². The van der Waals surface area contributed by atoms with Crippen LogP contribution in [0.4, 0.5) is 5.13 Å². The quantitative estimate of drug-likeness (QED) is 0.436. The molecule has 31 heavy (non-hydrogen) atoms.